The molecule has 6 nitrogen and oxygen atoms in total. The molecule has 0 aromatic heterocycles. The molecule has 0 bridgehead atoms. The Bertz CT molecular complexity index is 676. The number of para-hydroxylation sites is 1. The maximum atomic E-state index is 13.0. The first-order valence-corrected chi connectivity index (χ1v) is 9.21. The van der Waals surface area contributed by atoms with E-state index in [-0.39, 0.29) is 24.5 Å². The Morgan fingerprint density at radius 2 is 1.96 bits per heavy atom. The topological polar surface area (TPSA) is 78.9 Å². The highest BCUT2D eigenvalue weighted by Gasteiger charge is 2.56. The van der Waals surface area contributed by atoms with Crippen molar-refractivity contribution in [3.63, 3.8) is 0 Å². The number of hydrogen-bond donors (Lipinski definition) is 2. The zero-order valence-electron chi connectivity index (χ0n) is 15.7. The molecule has 6 heteroatoms. The molecule has 3 atom stereocenters. The van der Waals surface area contributed by atoms with E-state index in [9.17, 15) is 14.7 Å². The summed E-state index contributed by atoms with van der Waals surface area (Å²) in [5, 5.41) is 13.2. The van der Waals surface area contributed by atoms with Crippen LogP contribution in [-0.4, -0.2) is 46.7 Å². The number of β-amino-alcohol motifs (C(OH)–C–C–N with tert-alkyl or cyclic N) is 1. The third-order valence-electron chi connectivity index (χ3n) is 5.20. The minimum Gasteiger partial charge on any atom is -0.491 e. The van der Waals surface area contributed by atoms with Crippen molar-refractivity contribution in [1.82, 2.24) is 10.2 Å². The van der Waals surface area contributed by atoms with Crippen LogP contribution in [0.5, 0.6) is 5.75 Å². The van der Waals surface area contributed by atoms with Gasteiger partial charge < -0.3 is 15.2 Å². The summed E-state index contributed by atoms with van der Waals surface area (Å²) < 4.78 is 5.52. The average molecular weight is 360 g/mol. The van der Waals surface area contributed by atoms with Gasteiger partial charge in [-0.25, -0.2) is 4.79 Å². The van der Waals surface area contributed by atoms with E-state index < -0.39 is 17.7 Å². The van der Waals surface area contributed by atoms with Crippen LogP contribution in [0.1, 0.15) is 40.0 Å². The number of carbonyl (C=O) groups is 2. The summed E-state index contributed by atoms with van der Waals surface area (Å²) in [6, 6.07) is 8.73. The van der Waals surface area contributed by atoms with Crippen LogP contribution < -0.4 is 10.1 Å². The summed E-state index contributed by atoms with van der Waals surface area (Å²) >= 11 is 0. The maximum Gasteiger partial charge on any atom is 0.325 e. The molecule has 3 rings (SSSR count). The van der Waals surface area contributed by atoms with Gasteiger partial charge in [-0.2, -0.15) is 0 Å². The Kier molecular flexibility index (Phi) is 4.97. The Balaban J connectivity index is 1.63. The first-order chi connectivity index (χ1) is 12.2. The van der Waals surface area contributed by atoms with E-state index in [1.165, 1.54) is 0 Å². The van der Waals surface area contributed by atoms with Gasteiger partial charge in [0.25, 0.3) is 5.91 Å². The number of imide groups is 1. The van der Waals surface area contributed by atoms with Crippen LogP contribution in [0.25, 0.3) is 0 Å². The normalized spacial score (nSPS) is 28.9. The van der Waals surface area contributed by atoms with Crippen molar-refractivity contribution >= 4 is 11.9 Å². The fourth-order valence-electron chi connectivity index (χ4n) is 4.64. The Labute approximate surface area is 154 Å². The molecular weight excluding hydrogens is 332 g/mol. The highest BCUT2D eigenvalue weighted by molar-refractivity contribution is 6.07. The average Bonchev–Trinajstić information content (AvgIpc) is 2.75. The molecular formula is C20H28N2O4. The highest BCUT2D eigenvalue weighted by Crippen LogP contribution is 2.46. The van der Waals surface area contributed by atoms with Crippen LogP contribution in [0.4, 0.5) is 4.79 Å². The molecule has 2 fully saturated rings. The van der Waals surface area contributed by atoms with E-state index in [4.69, 9.17) is 4.74 Å². The summed E-state index contributed by atoms with van der Waals surface area (Å²) in [5.41, 5.74) is -0.843. The predicted molar refractivity (Wildman–Crippen MR) is 97.7 cm³/mol. The number of rotatable bonds is 5. The van der Waals surface area contributed by atoms with Crippen molar-refractivity contribution in [3.8, 4) is 5.75 Å². The van der Waals surface area contributed by atoms with Crippen LogP contribution in [0.2, 0.25) is 0 Å². The van der Waals surface area contributed by atoms with Crippen LogP contribution in [0.15, 0.2) is 30.3 Å². The van der Waals surface area contributed by atoms with Gasteiger partial charge in [-0.15, -0.1) is 0 Å². The third-order valence-corrected chi connectivity index (χ3v) is 5.20. The SMILES string of the molecule is C[C@@H]1CC(C)(C)C[C@@]2(C1)NC(=O)N(C[C@@H](O)COc1ccccc1)C2=O. The van der Waals surface area contributed by atoms with Gasteiger partial charge in [0.05, 0.1) is 6.54 Å². The minimum absolute atomic E-state index is 0.00828. The minimum atomic E-state index is -0.936. The number of hydrogen-bond acceptors (Lipinski definition) is 4. The summed E-state index contributed by atoms with van der Waals surface area (Å²) in [5.74, 6) is 0.776. The number of nitrogens with one attached hydrogen (secondary N) is 1. The largest absolute Gasteiger partial charge is 0.491 e. The number of nitrogens with zero attached hydrogens (tertiary/aromatic N) is 1. The third kappa shape index (κ3) is 3.85. The lowest BCUT2D eigenvalue weighted by Gasteiger charge is -2.43. The second-order valence-electron chi connectivity index (χ2n) is 8.56. The summed E-state index contributed by atoms with van der Waals surface area (Å²) in [7, 11) is 0. The lowest BCUT2D eigenvalue weighted by molar-refractivity contribution is -0.135. The number of ether oxygens (including phenoxy) is 1. The summed E-state index contributed by atoms with van der Waals surface area (Å²) in [4.78, 5) is 26.6. The maximum absolute atomic E-state index is 13.0. The van der Waals surface area contributed by atoms with E-state index >= 15 is 0 Å². The molecule has 1 saturated carbocycles. The molecule has 1 aromatic rings. The number of amides is 3. The van der Waals surface area contributed by atoms with Crippen LogP contribution >= 0.6 is 0 Å². The monoisotopic (exact) mass is 360 g/mol. The Morgan fingerprint density at radius 3 is 2.62 bits per heavy atom. The van der Waals surface area contributed by atoms with E-state index in [1.54, 1.807) is 12.1 Å². The molecule has 142 valence electrons. The van der Waals surface area contributed by atoms with Gasteiger partial charge in [-0.3, -0.25) is 9.69 Å². The molecule has 1 aromatic carbocycles. The van der Waals surface area contributed by atoms with E-state index in [2.05, 4.69) is 26.1 Å². The van der Waals surface area contributed by atoms with Gasteiger partial charge in [0.15, 0.2) is 0 Å². The zero-order chi connectivity index (χ0) is 18.9. The number of carbonyl (C=O) groups excluding carboxylic acids is 2. The van der Waals surface area contributed by atoms with E-state index in [0.29, 0.717) is 24.5 Å². The molecule has 2 N–H and O–H groups in total. The van der Waals surface area contributed by atoms with Gasteiger partial charge in [-0.1, -0.05) is 39.0 Å². The quantitative estimate of drug-likeness (QED) is 0.791. The van der Waals surface area contributed by atoms with Gasteiger partial charge >= 0.3 is 6.03 Å². The van der Waals surface area contributed by atoms with Crippen LogP contribution in [-0.2, 0) is 4.79 Å². The van der Waals surface area contributed by atoms with Gasteiger partial charge in [-0.05, 0) is 42.7 Å². The van der Waals surface area contributed by atoms with Crippen LogP contribution in [0, 0.1) is 11.3 Å². The van der Waals surface area contributed by atoms with Crippen molar-refractivity contribution in [1.29, 1.82) is 0 Å². The molecule has 1 heterocycles. The standard InChI is InChI=1S/C20H28N2O4/c1-14-9-19(2,3)13-20(10-14)17(24)22(18(25)21-20)11-15(23)12-26-16-7-5-4-6-8-16/h4-8,14-15,23H,9-13H2,1-3H3,(H,21,25)/t14-,15-,20-/m1/s1. The Hall–Kier alpha value is -2.08. The second-order valence-corrected chi connectivity index (χ2v) is 8.56. The van der Waals surface area contributed by atoms with Crippen molar-refractivity contribution < 1.29 is 19.4 Å². The fraction of sp³-hybridized carbons (Fsp3) is 0.600. The molecule has 26 heavy (non-hydrogen) atoms. The molecule has 0 unspecified atom stereocenters. The number of urea groups is 1. The molecule has 0 radical (unpaired) electrons. The lowest BCUT2D eigenvalue weighted by Crippen LogP contribution is -2.54. The first kappa shape index (κ1) is 18.7. The first-order valence-electron chi connectivity index (χ1n) is 9.21. The van der Waals surface area contributed by atoms with Crippen molar-refractivity contribution in [3.05, 3.63) is 30.3 Å². The summed E-state index contributed by atoms with van der Waals surface area (Å²) in [6.45, 7) is 6.35. The van der Waals surface area contributed by atoms with Gasteiger partial charge in [0, 0.05) is 0 Å². The number of aliphatic hydroxyl groups is 1. The zero-order valence-corrected chi connectivity index (χ0v) is 15.7. The van der Waals surface area contributed by atoms with E-state index in [0.717, 1.165) is 11.3 Å². The molecule has 1 saturated heterocycles. The predicted octanol–water partition coefficient (Wildman–Crippen LogP) is 2.56. The molecule has 1 spiro atoms. The Morgan fingerprint density at radius 1 is 1.27 bits per heavy atom. The molecule has 1 aliphatic heterocycles. The molecule has 2 aliphatic rings. The van der Waals surface area contributed by atoms with Crippen LogP contribution in [0.3, 0.4) is 0 Å². The summed E-state index contributed by atoms with van der Waals surface area (Å²) in [6.07, 6.45) is 1.37. The van der Waals surface area contributed by atoms with Gasteiger partial charge in [0.1, 0.15) is 24.0 Å². The number of aliphatic hydroxyl groups excluding tert-OH is 1. The smallest absolute Gasteiger partial charge is 0.325 e. The second kappa shape index (κ2) is 6.91. The van der Waals surface area contributed by atoms with Crippen molar-refractivity contribution in [2.45, 2.75) is 51.7 Å². The lowest BCUT2D eigenvalue weighted by atomic mass is 9.64. The number of benzene rings is 1. The fourth-order valence-corrected chi connectivity index (χ4v) is 4.64. The highest BCUT2D eigenvalue weighted by atomic mass is 16.5. The van der Waals surface area contributed by atoms with Gasteiger partial charge in [0.2, 0.25) is 0 Å². The molecule has 3 amide bonds. The molecule has 1 aliphatic carbocycles. The van der Waals surface area contributed by atoms with Crippen molar-refractivity contribution in [2.75, 3.05) is 13.2 Å². The van der Waals surface area contributed by atoms with Crippen molar-refractivity contribution in [2.24, 2.45) is 11.3 Å². The van der Waals surface area contributed by atoms with E-state index in [1.807, 2.05) is 18.2 Å².